The first kappa shape index (κ1) is 8.55. The Morgan fingerprint density at radius 2 is 1.67 bits per heavy atom. The van der Waals surface area contributed by atoms with Crippen LogP contribution >= 0.6 is 0 Å². The molecule has 0 saturated carbocycles. The molecule has 0 aromatic carbocycles. The lowest BCUT2D eigenvalue weighted by atomic mass is 10.0. The van der Waals surface area contributed by atoms with Crippen LogP contribution in [0.2, 0.25) is 0 Å². The second-order valence-corrected chi connectivity index (χ2v) is 4.91. The number of rotatable bonds is 2. The molecule has 70 valence electrons. The molecule has 12 heavy (non-hydrogen) atoms. The van der Waals surface area contributed by atoms with Crippen LogP contribution in [0, 0.1) is 5.92 Å². The fourth-order valence-corrected chi connectivity index (χ4v) is 2.94. The van der Waals surface area contributed by atoms with Gasteiger partial charge in [-0.05, 0) is 31.6 Å². The van der Waals surface area contributed by atoms with Gasteiger partial charge in [0.25, 0.3) is 0 Å². The molecule has 1 heteroatoms. The standard InChI is InChI=1S/C11H21N/c1-9(2)8-12-10-4-3-5-11(12)7-6-10/h9-11H,3-8H2,1-2H3. The Labute approximate surface area is 76.1 Å². The average molecular weight is 167 g/mol. The molecular weight excluding hydrogens is 146 g/mol. The quantitative estimate of drug-likeness (QED) is 0.611. The maximum absolute atomic E-state index is 2.79. The van der Waals surface area contributed by atoms with Gasteiger partial charge in [-0.3, -0.25) is 4.90 Å². The van der Waals surface area contributed by atoms with Crippen molar-refractivity contribution in [1.29, 1.82) is 0 Å². The molecular formula is C11H21N. The zero-order chi connectivity index (χ0) is 8.55. The van der Waals surface area contributed by atoms with E-state index >= 15 is 0 Å². The van der Waals surface area contributed by atoms with Gasteiger partial charge < -0.3 is 0 Å². The van der Waals surface area contributed by atoms with E-state index in [4.69, 9.17) is 0 Å². The van der Waals surface area contributed by atoms with Crippen LogP contribution in [0.25, 0.3) is 0 Å². The van der Waals surface area contributed by atoms with E-state index in [0.29, 0.717) is 0 Å². The predicted molar refractivity (Wildman–Crippen MR) is 52.2 cm³/mol. The van der Waals surface area contributed by atoms with Gasteiger partial charge in [0, 0.05) is 18.6 Å². The summed E-state index contributed by atoms with van der Waals surface area (Å²) < 4.78 is 0. The van der Waals surface area contributed by atoms with Crippen molar-refractivity contribution in [3.63, 3.8) is 0 Å². The lowest BCUT2D eigenvalue weighted by Crippen LogP contribution is -2.41. The lowest BCUT2D eigenvalue weighted by Gasteiger charge is -2.35. The van der Waals surface area contributed by atoms with Crippen LogP contribution in [-0.2, 0) is 0 Å². The van der Waals surface area contributed by atoms with Crippen LogP contribution in [0.1, 0.15) is 46.0 Å². The summed E-state index contributed by atoms with van der Waals surface area (Å²) in [7, 11) is 0. The third-order valence-electron chi connectivity index (χ3n) is 3.42. The smallest absolute Gasteiger partial charge is 0.00988 e. The summed E-state index contributed by atoms with van der Waals surface area (Å²) in [5, 5.41) is 0. The second kappa shape index (κ2) is 3.37. The van der Waals surface area contributed by atoms with Gasteiger partial charge in [-0.2, -0.15) is 0 Å². The minimum atomic E-state index is 0.853. The summed E-state index contributed by atoms with van der Waals surface area (Å²) in [4.78, 5) is 2.79. The molecule has 2 aliphatic rings. The highest BCUT2D eigenvalue weighted by atomic mass is 15.2. The fraction of sp³-hybridized carbons (Fsp3) is 1.00. The third kappa shape index (κ3) is 1.52. The summed E-state index contributed by atoms with van der Waals surface area (Å²) in [6.07, 6.45) is 7.41. The zero-order valence-corrected chi connectivity index (χ0v) is 8.42. The number of hydrogen-bond acceptors (Lipinski definition) is 1. The molecule has 2 rings (SSSR count). The van der Waals surface area contributed by atoms with Crippen molar-refractivity contribution in [3.8, 4) is 0 Å². The van der Waals surface area contributed by atoms with Crippen molar-refractivity contribution in [3.05, 3.63) is 0 Å². The van der Waals surface area contributed by atoms with Gasteiger partial charge in [-0.1, -0.05) is 20.3 Å². The summed E-state index contributed by atoms with van der Waals surface area (Å²) in [6, 6.07) is 1.93. The second-order valence-electron chi connectivity index (χ2n) is 4.91. The summed E-state index contributed by atoms with van der Waals surface area (Å²) in [6.45, 7) is 6.03. The van der Waals surface area contributed by atoms with Gasteiger partial charge in [0.2, 0.25) is 0 Å². The van der Waals surface area contributed by atoms with E-state index in [1.54, 1.807) is 0 Å². The molecule has 0 aromatic rings. The molecule has 2 saturated heterocycles. The molecule has 1 nitrogen and oxygen atoms in total. The van der Waals surface area contributed by atoms with Crippen LogP contribution in [0.5, 0.6) is 0 Å². The Bertz CT molecular complexity index is 137. The van der Waals surface area contributed by atoms with E-state index in [2.05, 4.69) is 18.7 Å². The van der Waals surface area contributed by atoms with Gasteiger partial charge >= 0.3 is 0 Å². The van der Waals surface area contributed by atoms with Gasteiger partial charge in [-0.25, -0.2) is 0 Å². The summed E-state index contributed by atoms with van der Waals surface area (Å²) in [5.41, 5.74) is 0. The van der Waals surface area contributed by atoms with Gasteiger partial charge in [-0.15, -0.1) is 0 Å². The van der Waals surface area contributed by atoms with Crippen LogP contribution in [0.3, 0.4) is 0 Å². The minimum absolute atomic E-state index is 0.853. The Morgan fingerprint density at radius 1 is 1.08 bits per heavy atom. The van der Waals surface area contributed by atoms with Crippen LogP contribution < -0.4 is 0 Å². The van der Waals surface area contributed by atoms with E-state index < -0.39 is 0 Å². The molecule has 0 aromatic heterocycles. The molecule has 0 aliphatic carbocycles. The molecule has 0 amide bonds. The highest BCUT2D eigenvalue weighted by Gasteiger charge is 2.35. The normalized spacial score (nSPS) is 36.2. The molecule has 0 spiro atoms. The highest BCUT2D eigenvalue weighted by molar-refractivity contribution is 4.91. The van der Waals surface area contributed by atoms with Crippen LogP contribution in [0.4, 0.5) is 0 Å². The molecule has 2 unspecified atom stereocenters. The van der Waals surface area contributed by atoms with Gasteiger partial charge in [0.05, 0.1) is 0 Å². The third-order valence-corrected chi connectivity index (χ3v) is 3.42. The van der Waals surface area contributed by atoms with Crippen LogP contribution in [-0.4, -0.2) is 23.5 Å². The summed E-state index contributed by atoms with van der Waals surface area (Å²) >= 11 is 0. The minimum Gasteiger partial charge on any atom is -0.297 e. The van der Waals surface area contributed by atoms with Crippen LogP contribution in [0.15, 0.2) is 0 Å². The molecule has 2 heterocycles. The van der Waals surface area contributed by atoms with Crippen molar-refractivity contribution in [2.24, 2.45) is 5.92 Å². The molecule has 2 aliphatic heterocycles. The topological polar surface area (TPSA) is 3.24 Å². The highest BCUT2D eigenvalue weighted by Crippen LogP contribution is 2.35. The van der Waals surface area contributed by atoms with Crippen molar-refractivity contribution < 1.29 is 0 Å². The van der Waals surface area contributed by atoms with Crippen molar-refractivity contribution in [1.82, 2.24) is 4.90 Å². The number of nitrogens with zero attached hydrogens (tertiary/aromatic N) is 1. The van der Waals surface area contributed by atoms with Gasteiger partial charge in [0.1, 0.15) is 0 Å². The van der Waals surface area contributed by atoms with Crippen molar-refractivity contribution in [2.45, 2.75) is 58.0 Å². The molecule has 2 atom stereocenters. The van der Waals surface area contributed by atoms with E-state index in [1.165, 1.54) is 38.6 Å². The molecule has 0 radical (unpaired) electrons. The average Bonchev–Trinajstić information content (AvgIpc) is 2.30. The van der Waals surface area contributed by atoms with E-state index in [1.807, 2.05) is 0 Å². The number of hydrogen-bond donors (Lipinski definition) is 0. The molecule has 2 bridgehead atoms. The monoisotopic (exact) mass is 167 g/mol. The fourth-order valence-electron chi connectivity index (χ4n) is 2.94. The zero-order valence-electron chi connectivity index (χ0n) is 8.42. The summed E-state index contributed by atoms with van der Waals surface area (Å²) in [5.74, 6) is 0.853. The van der Waals surface area contributed by atoms with Crippen molar-refractivity contribution in [2.75, 3.05) is 6.54 Å². The van der Waals surface area contributed by atoms with Gasteiger partial charge in [0.15, 0.2) is 0 Å². The lowest BCUT2D eigenvalue weighted by molar-refractivity contribution is 0.124. The van der Waals surface area contributed by atoms with E-state index in [-0.39, 0.29) is 0 Å². The SMILES string of the molecule is CC(C)CN1C2CCCC1CC2. The molecule has 2 fully saturated rings. The maximum atomic E-state index is 2.79. The Balaban J connectivity index is 1.96. The first-order chi connectivity index (χ1) is 5.77. The number of fused-ring (bicyclic) bond motifs is 2. The predicted octanol–water partition coefficient (Wildman–Crippen LogP) is 2.66. The van der Waals surface area contributed by atoms with Crippen molar-refractivity contribution >= 4 is 0 Å². The maximum Gasteiger partial charge on any atom is 0.00988 e. The first-order valence-electron chi connectivity index (χ1n) is 5.53. The Kier molecular flexibility index (Phi) is 2.40. The Hall–Kier alpha value is -0.0400. The largest absolute Gasteiger partial charge is 0.297 e. The number of piperidine rings is 1. The Morgan fingerprint density at radius 3 is 2.17 bits per heavy atom. The van der Waals surface area contributed by atoms with E-state index in [0.717, 1.165) is 18.0 Å². The molecule has 0 N–H and O–H groups in total. The van der Waals surface area contributed by atoms with E-state index in [9.17, 15) is 0 Å². The first-order valence-corrected chi connectivity index (χ1v) is 5.53.